The molecule has 4 aromatic rings. The molecule has 0 aliphatic heterocycles. The Labute approximate surface area is 207 Å². The van der Waals surface area contributed by atoms with Crippen LogP contribution in [-0.4, -0.2) is 16.9 Å². The Hall–Kier alpha value is -4.52. The Morgan fingerprint density at radius 1 is 0.722 bits per heavy atom. The van der Waals surface area contributed by atoms with Gasteiger partial charge in [-0.1, -0.05) is 60.7 Å². The first-order valence-corrected chi connectivity index (χ1v) is 11.3. The number of nitrogens with one attached hydrogen (secondary N) is 2. The van der Waals surface area contributed by atoms with E-state index in [4.69, 9.17) is 0 Å². The number of phenolic OH excluding ortho intramolecular Hbond substituents is 1. The molecule has 0 saturated heterocycles. The lowest BCUT2D eigenvalue weighted by Gasteiger charge is -2.15. The second-order valence-corrected chi connectivity index (χ2v) is 8.24. The zero-order valence-electron chi connectivity index (χ0n) is 19.3. The fraction of sp³-hybridized carbons (Fsp3) is 0.103. The highest BCUT2D eigenvalue weighted by molar-refractivity contribution is 6.01. The monoisotopic (exact) mass is 486 g/mol. The van der Waals surface area contributed by atoms with Gasteiger partial charge in [-0.25, -0.2) is 8.78 Å². The topological polar surface area (TPSA) is 78.4 Å². The van der Waals surface area contributed by atoms with Gasteiger partial charge in [-0.15, -0.1) is 0 Å². The van der Waals surface area contributed by atoms with Crippen molar-refractivity contribution in [3.8, 4) is 16.9 Å². The molecule has 0 atom stereocenters. The molecule has 182 valence electrons. The van der Waals surface area contributed by atoms with Crippen LogP contribution >= 0.6 is 0 Å². The Kier molecular flexibility index (Phi) is 7.70. The van der Waals surface area contributed by atoms with Crippen LogP contribution < -0.4 is 10.6 Å². The van der Waals surface area contributed by atoms with Gasteiger partial charge in [0.1, 0.15) is 17.4 Å². The van der Waals surface area contributed by atoms with Crippen molar-refractivity contribution in [2.45, 2.75) is 19.5 Å². The summed E-state index contributed by atoms with van der Waals surface area (Å²) in [4.78, 5) is 25.5. The number of hydrogen-bond acceptors (Lipinski definition) is 3. The third-order valence-corrected chi connectivity index (χ3v) is 5.71. The maximum absolute atomic E-state index is 14.0. The number of hydrogen-bond donors (Lipinski definition) is 3. The zero-order valence-corrected chi connectivity index (χ0v) is 19.3. The average Bonchev–Trinajstić information content (AvgIpc) is 2.88. The zero-order chi connectivity index (χ0) is 25.5. The Morgan fingerprint density at radius 3 is 2.14 bits per heavy atom. The van der Waals surface area contributed by atoms with Crippen molar-refractivity contribution in [1.29, 1.82) is 0 Å². The van der Waals surface area contributed by atoms with E-state index >= 15 is 0 Å². The first-order chi connectivity index (χ1) is 17.4. The van der Waals surface area contributed by atoms with Crippen LogP contribution in [0.1, 0.15) is 27.0 Å². The van der Waals surface area contributed by atoms with Crippen LogP contribution in [-0.2, 0) is 24.3 Å². The maximum Gasteiger partial charge on any atom is 0.252 e. The average molecular weight is 487 g/mol. The highest BCUT2D eigenvalue weighted by Gasteiger charge is 2.16. The van der Waals surface area contributed by atoms with Crippen molar-refractivity contribution in [3.63, 3.8) is 0 Å². The second-order valence-electron chi connectivity index (χ2n) is 8.24. The van der Waals surface area contributed by atoms with Gasteiger partial charge in [-0.3, -0.25) is 9.59 Å². The van der Waals surface area contributed by atoms with Crippen LogP contribution in [0.2, 0.25) is 0 Å². The summed E-state index contributed by atoms with van der Waals surface area (Å²) >= 11 is 0. The van der Waals surface area contributed by atoms with E-state index in [0.717, 1.165) is 28.8 Å². The normalized spacial score (nSPS) is 10.6. The van der Waals surface area contributed by atoms with Gasteiger partial charge < -0.3 is 15.7 Å². The number of halogens is 2. The second kappa shape index (κ2) is 11.3. The number of carbonyl (C=O) groups excluding carboxylic acids is 2. The van der Waals surface area contributed by atoms with Gasteiger partial charge in [0.05, 0.1) is 6.42 Å². The highest BCUT2D eigenvalue weighted by Crippen LogP contribution is 2.27. The summed E-state index contributed by atoms with van der Waals surface area (Å²) in [6.45, 7) is 0.165. The summed E-state index contributed by atoms with van der Waals surface area (Å²) in [6, 6.07) is 24.1. The van der Waals surface area contributed by atoms with E-state index in [-0.39, 0.29) is 36.7 Å². The molecular formula is C29H24F2N2O3. The van der Waals surface area contributed by atoms with Crippen LogP contribution in [0.25, 0.3) is 11.1 Å². The molecule has 36 heavy (non-hydrogen) atoms. The molecule has 0 radical (unpaired) electrons. The van der Waals surface area contributed by atoms with Crippen LogP contribution in [0.3, 0.4) is 0 Å². The van der Waals surface area contributed by atoms with E-state index in [1.165, 1.54) is 18.2 Å². The third kappa shape index (κ3) is 6.13. The fourth-order valence-electron chi connectivity index (χ4n) is 3.84. The number of rotatable bonds is 8. The molecule has 0 saturated carbocycles. The van der Waals surface area contributed by atoms with Gasteiger partial charge in [0, 0.05) is 30.3 Å². The molecule has 5 nitrogen and oxygen atoms in total. The van der Waals surface area contributed by atoms with Crippen molar-refractivity contribution in [1.82, 2.24) is 10.6 Å². The lowest BCUT2D eigenvalue weighted by atomic mass is 9.94. The number of phenols is 1. The van der Waals surface area contributed by atoms with Crippen LogP contribution in [0, 0.1) is 11.6 Å². The molecule has 0 fully saturated rings. The Balaban J connectivity index is 1.48. The van der Waals surface area contributed by atoms with E-state index < -0.39 is 17.5 Å². The summed E-state index contributed by atoms with van der Waals surface area (Å²) < 4.78 is 27.1. The Bertz CT molecular complexity index is 1390. The molecule has 4 rings (SSSR count). The minimum absolute atomic E-state index is 0.0890. The van der Waals surface area contributed by atoms with Crippen molar-refractivity contribution in [3.05, 3.63) is 125 Å². The molecule has 0 spiro atoms. The predicted molar refractivity (Wildman–Crippen MR) is 133 cm³/mol. The van der Waals surface area contributed by atoms with Gasteiger partial charge in [-0.05, 0) is 46.5 Å². The minimum Gasteiger partial charge on any atom is -0.508 e. The molecule has 0 bridgehead atoms. The quantitative estimate of drug-likeness (QED) is 0.323. The first kappa shape index (κ1) is 24.6. The van der Waals surface area contributed by atoms with Gasteiger partial charge in [-0.2, -0.15) is 0 Å². The van der Waals surface area contributed by atoms with E-state index in [1.54, 1.807) is 24.3 Å². The van der Waals surface area contributed by atoms with E-state index in [9.17, 15) is 23.5 Å². The predicted octanol–water partition coefficient (Wildman–Crippen LogP) is 5.13. The van der Waals surface area contributed by atoms with E-state index in [2.05, 4.69) is 10.6 Å². The van der Waals surface area contributed by atoms with Gasteiger partial charge >= 0.3 is 0 Å². The lowest BCUT2D eigenvalue weighted by Crippen LogP contribution is -2.25. The van der Waals surface area contributed by atoms with Gasteiger partial charge in [0.15, 0.2) is 0 Å². The first-order valence-electron chi connectivity index (χ1n) is 11.3. The fourth-order valence-corrected chi connectivity index (χ4v) is 3.84. The molecule has 0 aliphatic carbocycles. The minimum atomic E-state index is -0.725. The summed E-state index contributed by atoms with van der Waals surface area (Å²) in [5.41, 5.74) is 3.61. The molecule has 4 aromatic carbocycles. The van der Waals surface area contributed by atoms with Crippen molar-refractivity contribution < 1.29 is 23.5 Å². The van der Waals surface area contributed by atoms with Gasteiger partial charge in [0.25, 0.3) is 5.91 Å². The van der Waals surface area contributed by atoms with E-state index in [0.29, 0.717) is 11.1 Å². The van der Waals surface area contributed by atoms with Crippen LogP contribution in [0.15, 0.2) is 91.0 Å². The lowest BCUT2D eigenvalue weighted by molar-refractivity contribution is -0.120. The summed E-state index contributed by atoms with van der Waals surface area (Å²) in [6.07, 6.45) is 0.168. The molecule has 3 N–H and O–H groups in total. The van der Waals surface area contributed by atoms with Crippen LogP contribution in [0.4, 0.5) is 8.78 Å². The Morgan fingerprint density at radius 2 is 1.39 bits per heavy atom. The SMILES string of the molecule is O=C(Cc1ccc(O)cc1)NCc1ccccc1-c1ccccc1C(=O)NCc1ccc(F)cc1F. The highest BCUT2D eigenvalue weighted by atomic mass is 19.1. The summed E-state index contributed by atoms with van der Waals surface area (Å²) in [7, 11) is 0. The van der Waals surface area contributed by atoms with Crippen LogP contribution in [0.5, 0.6) is 5.75 Å². The molecule has 0 heterocycles. The maximum atomic E-state index is 14.0. The molecular weight excluding hydrogens is 462 g/mol. The molecule has 2 amide bonds. The summed E-state index contributed by atoms with van der Waals surface area (Å²) in [5.74, 6) is -1.85. The number of amides is 2. The molecule has 0 aliphatic rings. The third-order valence-electron chi connectivity index (χ3n) is 5.71. The number of carbonyl (C=O) groups is 2. The smallest absolute Gasteiger partial charge is 0.252 e. The van der Waals surface area contributed by atoms with Crippen molar-refractivity contribution in [2.75, 3.05) is 0 Å². The van der Waals surface area contributed by atoms with Crippen molar-refractivity contribution in [2.24, 2.45) is 0 Å². The van der Waals surface area contributed by atoms with Crippen molar-refractivity contribution >= 4 is 11.8 Å². The van der Waals surface area contributed by atoms with Gasteiger partial charge in [0.2, 0.25) is 5.91 Å². The standard InChI is InChI=1S/C29H24F2N2O3/c30-22-12-11-21(27(31)16-22)18-33-29(36)26-8-4-3-7-25(26)24-6-2-1-5-20(24)17-32-28(35)15-19-9-13-23(34)14-10-19/h1-14,16,34H,15,17-18H2,(H,32,35)(H,33,36). The number of aromatic hydroxyl groups is 1. The van der Waals surface area contributed by atoms with E-state index in [1.807, 2.05) is 36.4 Å². The molecule has 0 unspecified atom stereocenters. The largest absolute Gasteiger partial charge is 0.508 e. The molecule has 0 aromatic heterocycles. The molecule has 7 heteroatoms. The summed E-state index contributed by atoms with van der Waals surface area (Å²) in [5, 5.41) is 15.0. The number of benzene rings is 4.